The minimum absolute atomic E-state index is 0.191. The molecule has 18 heavy (non-hydrogen) atoms. The van der Waals surface area contributed by atoms with Crippen molar-refractivity contribution in [3.8, 4) is 0 Å². The Labute approximate surface area is 122 Å². The number of rotatable bonds is 3. The summed E-state index contributed by atoms with van der Waals surface area (Å²) >= 11 is 2.31. The van der Waals surface area contributed by atoms with Crippen molar-refractivity contribution < 1.29 is 9.63 Å². The van der Waals surface area contributed by atoms with Crippen LogP contribution in [0.3, 0.4) is 0 Å². The van der Waals surface area contributed by atoms with Crippen molar-refractivity contribution in [2.75, 3.05) is 0 Å². The van der Waals surface area contributed by atoms with Crippen molar-refractivity contribution in [1.29, 1.82) is 0 Å². The van der Waals surface area contributed by atoms with Gasteiger partial charge in [0, 0.05) is 18.4 Å². The summed E-state index contributed by atoms with van der Waals surface area (Å²) in [4.78, 5) is 17.1. The number of carbonyl (C=O) groups is 1. The number of piperidine rings is 1. The van der Waals surface area contributed by atoms with Crippen molar-refractivity contribution >= 4 is 28.9 Å². The van der Waals surface area contributed by atoms with Crippen LogP contribution in [-0.2, 0) is 9.63 Å². The van der Waals surface area contributed by atoms with Crippen LogP contribution in [0, 0.1) is 5.92 Å². The molecular formula is C14H20INO2. The maximum Gasteiger partial charge on any atom is 0.121 e. The van der Waals surface area contributed by atoms with Crippen molar-refractivity contribution in [1.82, 2.24) is 5.06 Å². The molecule has 0 N–H and O–H groups in total. The molecule has 0 aromatic carbocycles. The van der Waals surface area contributed by atoms with Crippen LogP contribution in [0.2, 0.25) is 0 Å². The summed E-state index contributed by atoms with van der Waals surface area (Å²) in [6, 6.07) is 0.310. The Hall–Kier alpha value is 0.0600. The molecule has 3 unspecified atom stereocenters. The standard InChI is InChI=1S/C14H20INO2/c15-9-5-12-13-4-2-8-14(12)7-1-3-11(6-10-17)16(14)18-13/h5,9-13H,1-4,6-8H2/b9-5-/t11-,12?,13?,14?/m0/s1. The molecule has 0 radical (unpaired) electrons. The normalized spacial score (nSPS) is 44.2. The molecule has 1 spiro atoms. The van der Waals surface area contributed by atoms with E-state index in [0.29, 0.717) is 24.5 Å². The van der Waals surface area contributed by atoms with Gasteiger partial charge in [-0.3, -0.25) is 4.84 Å². The van der Waals surface area contributed by atoms with E-state index in [-0.39, 0.29) is 5.54 Å². The van der Waals surface area contributed by atoms with Crippen LogP contribution in [0.1, 0.15) is 44.9 Å². The zero-order chi connectivity index (χ0) is 12.6. The number of hydrogen-bond donors (Lipinski definition) is 0. The summed E-state index contributed by atoms with van der Waals surface area (Å²) in [6.07, 6.45) is 11.6. The van der Waals surface area contributed by atoms with Crippen LogP contribution in [0.25, 0.3) is 0 Å². The van der Waals surface area contributed by atoms with E-state index in [1.54, 1.807) is 0 Å². The number of carbonyl (C=O) groups excluding carboxylic acids is 1. The average Bonchev–Trinajstić information content (AvgIpc) is 2.56. The molecular weight excluding hydrogens is 341 g/mol. The molecule has 1 saturated carbocycles. The third-order valence-corrected chi connectivity index (χ3v) is 5.35. The Balaban J connectivity index is 1.92. The van der Waals surface area contributed by atoms with Gasteiger partial charge in [-0.2, -0.15) is 5.06 Å². The zero-order valence-corrected chi connectivity index (χ0v) is 12.7. The first-order valence-electron chi connectivity index (χ1n) is 6.98. The number of hydroxylamine groups is 2. The first kappa shape index (κ1) is 13.1. The second-order valence-corrected chi connectivity index (χ2v) is 6.48. The molecule has 2 aliphatic heterocycles. The largest absolute Gasteiger partial charge is 0.303 e. The molecule has 3 fully saturated rings. The lowest BCUT2D eigenvalue weighted by molar-refractivity contribution is -0.221. The molecule has 3 aliphatic rings. The van der Waals surface area contributed by atoms with Crippen LogP contribution in [0.5, 0.6) is 0 Å². The Morgan fingerprint density at radius 1 is 1.33 bits per heavy atom. The van der Waals surface area contributed by atoms with E-state index >= 15 is 0 Å². The third kappa shape index (κ3) is 1.88. The number of fused-ring (bicyclic) bond motifs is 1. The summed E-state index contributed by atoms with van der Waals surface area (Å²) in [5, 5.41) is 2.24. The number of halogens is 1. The van der Waals surface area contributed by atoms with E-state index in [9.17, 15) is 4.79 Å². The summed E-state index contributed by atoms with van der Waals surface area (Å²) in [7, 11) is 0. The number of aldehydes is 1. The van der Waals surface area contributed by atoms with E-state index in [1.807, 2.05) is 0 Å². The highest BCUT2D eigenvalue weighted by molar-refractivity contribution is 14.1. The van der Waals surface area contributed by atoms with E-state index in [1.165, 1.54) is 25.7 Å². The second kappa shape index (κ2) is 5.21. The smallest absolute Gasteiger partial charge is 0.121 e. The van der Waals surface area contributed by atoms with Crippen molar-refractivity contribution in [3.05, 3.63) is 10.2 Å². The monoisotopic (exact) mass is 361 g/mol. The molecule has 3 rings (SSSR count). The van der Waals surface area contributed by atoms with E-state index in [0.717, 1.165) is 19.1 Å². The van der Waals surface area contributed by atoms with Gasteiger partial charge in [0.25, 0.3) is 0 Å². The van der Waals surface area contributed by atoms with Crippen molar-refractivity contribution in [2.24, 2.45) is 5.92 Å². The summed E-state index contributed by atoms with van der Waals surface area (Å²) in [6.45, 7) is 0. The zero-order valence-electron chi connectivity index (χ0n) is 10.6. The van der Waals surface area contributed by atoms with Crippen LogP contribution in [0.4, 0.5) is 0 Å². The van der Waals surface area contributed by atoms with Gasteiger partial charge in [-0.25, -0.2) is 0 Å². The minimum atomic E-state index is 0.191. The fraction of sp³-hybridized carbons (Fsp3) is 0.786. The van der Waals surface area contributed by atoms with Crippen LogP contribution < -0.4 is 0 Å². The molecule has 1 aliphatic carbocycles. The Morgan fingerprint density at radius 3 is 2.83 bits per heavy atom. The highest BCUT2D eigenvalue weighted by Crippen LogP contribution is 2.53. The van der Waals surface area contributed by atoms with Crippen LogP contribution >= 0.6 is 22.6 Å². The third-order valence-electron chi connectivity index (χ3n) is 4.93. The van der Waals surface area contributed by atoms with Gasteiger partial charge in [0.2, 0.25) is 0 Å². The van der Waals surface area contributed by atoms with Gasteiger partial charge in [0.05, 0.1) is 11.6 Å². The lowest BCUT2D eigenvalue weighted by Gasteiger charge is -2.47. The van der Waals surface area contributed by atoms with E-state index in [4.69, 9.17) is 4.84 Å². The first-order valence-corrected chi connectivity index (χ1v) is 8.23. The Kier molecular flexibility index (Phi) is 3.78. The number of hydrogen-bond acceptors (Lipinski definition) is 3. The van der Waals surface area contributed by atoms with Crippen LogP contribution in [0.15, 0.2) is 10.2 Å². The lowest BCUT2D eigenvalue weighted by atomic mass is 9.67. The molecule has 3 nitrogen and oxygen atoms in total. The Morgan fingerprint density at radius 2 is 2.11 bits per heavy atom. The minimum Gasteiger partial charge on any atom is -0.303 e. The van der Waals surface area contributed by atoms with Gasteiger partial charge >= 0.3 is 0 Å². The fourth-order valence-corrected chi connectivity index (χ4v) is 4.69. The van der Waals surface area contributed by atoms with Gasteiger partial charge < -0.3 is 4.79 Å². The molecule has 0 aromatic heterocycles. The maximum absolute atomic E-state index is 10.9. The predicted molar refractivity (Wildman–Crippen MR) is 78.3 cm³/mol. The average molecular weight is 361 g/mol. The molecule has 100 valence electrons. The highest BCUT2D eigenvalue weighted by atomic mass is 127. The molecule has 0 aromatic rings. The molecule has 2 bridgehead atoms. The van der Waals surface area contributed by atoms with Crippen molar-refractivity contribution in [2.45, 2.75) is 62.6 Å². The molecule has 0 amide bonds. The van der Waals surface area contributed by atoms with Gasteiger partial charge in [-0.1, -0.05) is 28.7 Å². The SMILES string of the molecule is O=CC[C@@H]1CCCC23CCCC(ON12)C3/C=C\I. The predicted octanol–water partition coefficient (Wildman–Crippen LogP) is 3.23. The highest BCUT2D eigenvalue weighted by Gasteiger charge is 2.58. The first-order chi connectivity index (χ1) is 8.81. The van der Waals surface area contributed by atoms with Crippen LogP contribution in [-0.4, -0.2) is 29.0 Å². The van der Waals surface area contributed by atoms with Gasteiger partial charge in [0.1, 0.15) is 6.29 Å². The Bertz CT molecular complexity index is 356. The summed E-state index contributed by atoms with van der Waals surface area (Å²) in [5.74, 6) is 0.526. The topological polar surface area (TPSA) is 29.5 Å². The molecule has 4 atom stereocenters. The van der Waals surface area contributed by atoms with Gasteiger partial charge in [-0.05, 0) is 42.6 Å². The van der Waals surface area contributed by atoms with Crippen molar-refractivity contribution in [3.63, 3.8) is 0 Å². The quantitative estimate of drug-likeness (QED) is 0.571. The molecule has 2 heterocycles. The van der Waals surface area contributed by atoms with E-state index < -0.39 is 0 Å². The van der Waals surface area contributed by atoms with Gasteiger partial charge in [0.15, 0.2) is 0 Å². The summed E-state index contributed by atoms with van der Waals surface area (Å²) < 4.78 is 2.14. The lowest BCUT2D eigenvalue weighted by Crippen LogP contribution is -2.55. The molecule has 2 saturated heterocycles. The second-order valence-electron chi connectivity index (χ2n) is 5.76. The summed E-state index contributed by atoms with van der Waals surface area (Å²) in [5.41, 5.74) is 0.191. The van der Waals surface area contributed by atoms with E-state index in [2.05, 4.69) is 37.8 Å². The number of nitrogens with zero attached hydrogens (tertiary/aromatic N) is 1. The fourth-order valence-electron chi connectivity index (χ4n) is 4.25. The maximum atomic E-state index is 10.9. The molecule has 4 heteroatoms. The van der Waals surface area contributed by atoms with Gasteiger partial charge in [-0.15, -0.1) is 0 Å².